The van der Waals surface area contributed by atoms with Crippen LogP contribution in [-0.4, -0.2) is 17.1 Å². The molecule has 4 aromatic rings. The first-order valence-corrected chi connectivity index (χ1v) is 9.77. The Morgan fingerprint density at radius 3 is 2.38 bits per heavy atom. The van der Waals surface area contributed by atoms with Crippen molar-refractivity contribution in [2.24, 2.45) is 0 Å². The van der Waals surface area contributed by atoms with Gasteiger partial charge in [-0.25, -0.2) is 4.98 Å². The Hall–Kier alpha value is -3.52. The Morgan fingerprint density at radius 2 is 1.78 bits per heavy atom. The Labute approximate surface area is 185 Å². The quantitative estimate of drug-likeness (QED) is 0.384. The molecule has 2 aromatic carbocycles. The molecule has 164 valence electrons. The standard InChI is InChI=1S/C23H16ClF3N2O3/c1-12-21(22(30)16-9-17(24)19(31-2)10-18(16)29-12)13-3-6-15(7-4-13)32-20-8-5-14(11-28-20)23(25,26)27/h3-11H,1-2H3,(H,29,30). The number of aromatic nitrogens is 2. The van der Waals surface area contributed by atoms with Gasteiger partial charge in [0, 0.05) is 35.0 Å². The third kappa shape index (κ3) is 4.13. The summed E-state index contributed by atoms with van der Waals surface area (Å²) in [5.41, 5.74) is 1.32. The van der Waals surface area contributed by atoms with E-state index in [9.17, 15) is 18.0 Å². The Morgan fingerprint density at radius 1 is 1.06 bits per heavy atom. The molecule has 1 N–H and O–H groups in total. The van der Waals surface area contributed by atoms with E-state index >= 15 is 0 Å². The van der Waals surface area contributed by atoms with Crippen LogP contribution in [0.25, 0.3) is 22.0 Å². The molecular formula is C23H16ClF3N2O3. The number of aromatic amines is 1. The molecule has 2 heterocycles. The molecule has 32 heavy (non-hydrogen) atoms. The van der Waals surface area contributed by atoms with Crippen molar-refractivity contribution in [1.82, 2.24) is 9.97 Å². The molecule has 0 radical (unpaired) electrons. The minimum absolute atomic E-state index is 0.0223. The average molecular weight is 461 g/mol. The fourth-order valence-corrected chi connectivity index (χ4v) is 3.58. The summed E-state index contributed by atoms with van der Waals surface area (Å²) in [6.07, 6.45) is -3.75. The second kappa shape index (κ2) is 8.20. The molecule has 0 atom stereocenters. The Balaban J connectivity index is 1.65. The van der Waals surface area contributed by atoms with Gasteiger partial charge in [0.15, 0.2) is 5.43 Å². The number of pyridine rings is 2. The molecule has 0 amide bonds. The predicted octanol–water partition coefficient (Wildman–Crippen LogP) is 6.37. The van der Waals surface area contributed by atoms with Gasteiger partial charge in [-0.15, -0.1) is 0 Å². The van der Waals surface area contributed by atoms with Crippen molar-refractivity contribution in [3.8, 4) is 28.5 Å². The number of halogens is 4. The van der Waals surface area contributed by atoms with Crippen molar-refractivity contribution in [2.75, 3.05) is 7.11 Å². The highest BCUT2D eigenvalue weighted by Gasteiger charge is 2.30. The first-order chi connectivity index (χ1) is 15.2. The number of hydrogen-bond donors (Lipinski definition) is 1. The number of ether oxygens (including phenoxy) is 2. The third-order valence-electron chi connectivity index (χ3n) is 4.89. The first-order valence-electron chi connectivity index (χ1n) is 9.39. The lowest BCUT2D eigenvalue weighted by molar-refractivity contribution is -0.137. The molecule has 0 aliphatic heterocycles. The summed E-state index contributed by atoms with van der Waals surface area (Å²) >= 11 is 6.18. The number of benzene rings is 2. The number of nitrogens with zero attached hydrogens (tertiary/aromatic N) is 1. The molecule has 0 saturated carbocycles. The van der Waals surface area contributed by atoms with Gasteiger partial charge < -0.3 is 14.5 Å². The Bertz CT molecular complexity index is 1350. The number of rotatable bonds is 4. The number of fused-ring (bicyclic) bond motifs is 1. The summed E-state index contributed by atoms with van der Waals surface area (Å²) in [6, 6.07) is 11.9. The van der Waals surface area contributed by atoms with Crippen molar-refractivity contribution < 1.29 is 22.6 Å². The lowest BCUT2D eigenvalue weighted by Crippen LogP contribution is -2.10. The lowest BCUT2D eigenvalue weighted by atomic mass is 10.0. The fraction of sp³-hybridized carbons (Fsp3) is 0.130. The van der Waals surface area contributed by atoms with Gasteiger partial charge in [-0.05, 0) is 36.8 Å². The van der Waals surface area contributed by atoms with Gasteiger partial charge in [-0.2, -0.15) is 13.2 Å². The van der Waals surface area contributed by atoms with Crippen molar-refractivity contribution in [3.05, 3.63) is 81.2 Å². The summed E-state index contributed by atoms with van der Waals surface area (Å²) < 4.78 is 48.7. The van der Waals surface area contributed by atoms with Crippen LogP contribution in [0.3, 0.4) is 0 Å². The number of aryl methyl sites for hydroxylation is 1. The number of alkyl halides is 3. The second-order valence-corrected chi connectivity index (χ2v) is 7.40. The van der Waals surface area contributed by atoms with Crippen LogP contribution in [0.1, 0.15) is 11.3 Å². The molecule has 5 nitrogen and oxygen atoms in total. The number of nitrogens with one attached hydrogen (secondary N) is 1. The predicted molar refractivity (Wildman–Crippen MR) is 116 cm³/mol. The molecule has 0 unspecified atom stereocenters. The van der Waals surface area contributed by atoms with Crippen LogP contribution >= 0.6 is 11.6 Å². The van der Waals surface area contributed by atoms with Gasteiger partial charge >= 0.3 is 6.18 Å². The van der Waals surface area contributed by atoms with E-state index in [2.05, 4.69) is 9.97 Å². The van der Waals surface area contributed by atoms with Gasteiger partial charge in [0.05, 0.1) is 23.2 Å². The van der Waals surface area contributed by atoms with Crippen molar-refractivity contribution in [3.63, 3.8) is 0 Å². The van der Waals surface area contributed by atoms with Crippen molar-refractivity contribution in [1.29, 1.82) is 0 Å². The molecule has 0 saturated heterocycles. The van der Waals surface area contributed by atoms with E-state index in [1.165, 1.54) is 7.11 Å². The van der Waals surface area contributed by atoms with Crippen LogP contribution < -0.4 is 14.9 Å². The summed E-state index contributed by atoms with van der Waals surface area (Å²) in [7, 11) is 1.50. The maximum absolute atomic E-state index is 13.1. The SMILES string of the molecule is COc1cc2[nH]c(C)c(-c3ccc(Oc4ccc(C(F)(F)F)cn4)cc3)c(=O)c2cc1Cl. The average Bonchev–Trinajstić information content (AvgIpc) is 2.75. The highest BCUT2D eigenvalue weighted by atomic mass is 35.5. The maximum Gasteiger partial charge on any atom is 0.417 e. The van der Waals surface area contributed by atoms with E-state index in [0.29, 0.717) is 50.4 Å². The topological polar surface area (TPSA) is 64.2 Å². The van der Waals surface area contributed by atoms with Gasteiger partial charge in [0.25, 0.3) is 0 Å². The number of H-pyrrole nitrogens is 1. The zero-order valence-electron chi connectivity index (χ0n) is 16.9. The largest absolute Gasteiger partial charge is 0.495 e. The minimum Gasteiger partial charge on any atom is -0.495 e. The maximum atomic E-state index is 13.1. The monoisotopic (exact) mass is 460 g/mol. The molecule has 0 aliphatic carbocycles. The normalized spacial score (nSPS) is 11.6. The van der Waals surface area contributed by atoms with Crippen molar-refractivity contribution in [2.45, 2.75) is 13.1 Å². The lowest BCUT2D eigenvalue weighted by Gasteiger charge is -2.11. The molecular weight excluding hydrogens is 445 g/mol. The molecule has 0 spiro atoms. The molecule has 4 rings (SSSR count). The van der Waals surface area contributed by atoms with Gasteiger partial charge in [0.1, 0.15) is 11.5 Å². The van der Waals surface area contributed by atoms with E-state index < -0.39 is 11.7 Å². The fourth-order valence-electron chi connectivity index (χ4n) is 3.34. The van der Waals surface area contributed by atoms with E-state index in [4.69, 9.17) is 21.1 Å². The van der Waals surface area contributed by atoms with E-state index in [1.807, 2.05) is 0 Å². The molecule has 0 fully saturated rings. The highest BCUT2D eigenvalue weighted by Crippen LogP contribution is 2.32. The van der Waals surface area contributed by atoms with Crippen LogP contribution in [0.4, 0.5) is 13.2 Å². The first kappa shape index (κ1) is 21.7. The van der Waals surface area contributed by atoms with Crippen LogP contribution in [0.15, 0.2) is 59.5 Å². The van der Waals surface area contributed by atoms with Gasteiger partial charge in [-0.1, -0.05) is 23.7 Å². The van der Waals surface area contributed by atoms with E-state index in [1.54, 1.807) is 43.3 Å². The number of hydrogen-bond acceptors (Lipinski definition) is 4. The minimum atomic E-state index is -4.46. The van der Waals surface area contributed by atoms with Crippen LogP contribution in [0.2, 0.25) is 5.02 Å². The smallest absolute Gasteiger partial charge is 0.417 e. The molecule has 0 aliphatic rings. The third-order valence-corrected chi connectivity index (χ3v) is 5.19. The van der Waals surface area contributed by atoms with Crippen LogP contribution in [0, 0.1) is 6.92 Å². The summed E-state index contributed by atoms with van der Waals surface area (Å²) in [5.74, 6) is 0.845. The number of methoxy groups -OCH3 is 1. The zero-order valence-corrected chi connectivity index (χ0v) is 17.6. The van der Waals surface area contributed by atoms with E-state index in [-0.39, 0.29) is 11.3 Å². The summed E-state index contributed by atoms with van der Waals surface area (Å²) in [6.45, 7) is 1.79. The highest BCUT2D eigenvalue weighted by molar-refractivity contribution is 6.32. The van der Waals surface area contributed by atoms with Crippen LogP contribution in [0.5, 0.6) is 17.4 Å². The Kier molecular flexibility index (Phi) is 5.56. The zero-order chi connectivity index (χ0) is 23.0. The molecule has 9 heteroatoms. The molecule has 0 bridgehead atoms. The van der Waals surface area contributed by atoms with Gasteiger partial charge in [-0.3, -0.25) is 4.79 Å². The second-order valence-electron chi connectivity index (χ2n) is 7.00. The summed E-state index contributed by atoms with van der Waals surface area (Å²) in [5, 5.41) is 0.749. The van der Waals surface area contributed by atoms with Crippen LogP contribution in [-0.2, 0) is 6.18 Å². The summed E-state index contributed by atoms with van der Waals surface area (Å²) in [4.78, 5) is 20.0. The van der Waals surface area contributed by atoms with Crippen molar-refractivity contribution >= 4 is 22.5 Å². The molecule has 2 aromatic heterocycles. The van der Waals surface area contributed by atoms with Gasteiger partial charge in [0.2, 0.25) is 5.88 Å². The van der Waals surface area contributed by atoms with E-state index in [0.717, 1.165) is 12.1 Å².